The summed E-state index contributed by atoms with van der Waals surface area (Å²) < 4.78 is 2.03. The van der Waals surface area contributed by atoms with Crippen LogP contribution in [0.4, 0.5) is 11.4 Å². The first-order chi connectivity index (χ1) is 15.6. The average molecular weight is 445 g/mol. The van der Waals surface area contributed by atoms with E-state index < -0.39 is 0 Å². The number of anilines is 1. The van der Waals surface area contributed by atoms with Gasteiger partial charge in [-0.1, -0.05) is 23.7 Å². The molecule has 7 heteroatoms. The zero-order valence-corrected chi connectivity index (χ0v) is 18.7. The smallest absolute Gasteiger partial charge is 0.148 e. The molecule has 1 saturated heterocycles. The van der Waals surface area contributed by atoms with Gasteiger partial charge in [0.15, 0.2) is 0 Å². The number of hydrogen-bond donors (Lipinski definition) is 2. The molecular weight excluding hydrogens is 420 g/mol. The number of aliphatic imine (C=N–C) groups is 1. The van der Waals surface area contributed by atoms with Crippen molar-refractivity contribution in [3.05, 3.63) is 70.5 Å². The Morgan fingerprint density at radius 1 is 1.22 bits per heavy atom. The molecule has 1 unspecified atom stereocenters. The first kappa shape index (κ1) is 20.6. The normalized spacial score (nSPS) is 17.3. The van der Waals surface area contributed by atoms with E-state index in [-0.39, 0.29) is 0 Å². The Morgan fingerprint density at radius 3 is 2.78 bits per heavy atom. The van der Waals surface area contributed by atoms with Crippen LogP contribution in [-0.4, -0.2) is 37.1 Å². The summed E-state index contributed by atoms with van der Waals surface area (Å²) in [6, 6.07) is 18.0. The van der Waals surface area contributed by atoms with Crippen molar-refractivity contribution in [2.24, 2.45) is 16.6 Å². The lowest BCUT2D eigenvalue weighted by molar-refractivity contribution is 0.549. The maximum atomic E-state index is 9.07. The molecule has 162 valence electrons. The van der Waals surface area contributed by atoms with Crippen LogP contribution in [0.25, 0.3) is 11.1 Å². The molecule has 0 bridgehead atoms. The summed E-state index contributed by atoms with van der Waals surface area (Å²) >= 11 is 6.85. The van der Waals surface area contributed by atoms with Gasteiger partial charge in [0.2, 0.25) is 0 Å². The molecule has 3 N–H and O–H groups in total. The van der Waals surface area contributed by atoms with E-state index in [0.717, 1.165) is 47.7 Å². The first-order valence-corrected chi connectivity index (χ1v) is 11.2. The summed E-state index contributed by atoms with van der Waals surface area (Å²) in [6.07, 6.45) is 1.20. The number of fused-ring (bicyclic) bond motifs is 2. The summed E-state index contributed by atoms with van der Waals surface area (Å²) in [4.78, 5) is 7.16. The highest BCUT2D eigenvalue weighted by Gasteiger charge is 2.25. The van der Waals surface area contributed by atoms with E-state index >= 15 is 0 Å². The molecule has 1 aromatic heterocycles. The Bertz CT molecular complexity index is 1230. The molecule has 2 aliphatic heterocycles. The number of aromatic nitrogens is 1. The Balaban J connectivity index is 1.49. The van der Waals surface area contributed by atoms with Gasteiger partial charge in [0.1, 0.15) is 11.0 Å². The molecule has 1 atom stereocenters. The predicted molar refractivity (Wildman–Crippen MR) is 130 cm³/mol. The lowest BCUT2D eigenvalue weighted by atomic mass is 10.1. The molecular formula is C25H25ClN6. The summed E-state index contributed by atoms with van der Waals surface area (Å²) in [5, 5.41) is 13.0. The van der Waals surface area contributed by atoms with E-state index in [1.807, 2.05) is 29.8 Å². The molecule has 1 fully saturated rings. The lowest BCUT2D eigenvalue weighted by Gasteiger charge is -2.20. The number of nitrogens with zero attached hydrogens (tertiary/aromatic N) is 4. The highest BCUT2D eigenvalue weighted by molar-refractivity contribution is 6.33. The third-order valence-electron chi connectivity index (χ3n) is 6.39. The van der Waals surface area contributed by atoms with E-state index in [0.29, 0.717) is 29.0 Å². The van der Waals surface area contributed by atoms with Crippen molar-refractivity contribution in [3.8, 4) is 17.2 Å². The van der Waals surface area contributed by atoms with Crippen LogP contribution in [0.2, 0.25) is 5.15 Å². The van der Waals surface area contributed by atoms with Crippen LogP contribution < -0.4 is 16.0 Å². The van der Waals surface area contributed by atoms with Crippen molar-refractivity contribution < 1.29 is 0 Å². The molecule has 3 aromatic rings. The summed E-state index contributed by atoms with van der Waals surface area (Å²) in [5.74, 6) is 1.13. The minimum Gasteiger partial charge on any atom is -0.382 e. The van der Waals surface area contributed by atoms with Gasteiger partial charge in [0.25, 0.3) is 0 Å². The van der Waals surface area contributed by atoms with E-state index in [9.17, 15) is 0 Å². The number of hydrogen-bond acceptors (Lipinski definition) is 5. The van der Waals surface area contributed by atoms with Crippen molar-refractivity contribution in [3.63, 3.8) is 0 Å². The molecule has 5 rings (SSSR count). The molecule has 0 radical (unpaired) electrons. The molecule has 0 saturated carbocycles. The predicted octanol–water partition coefficient (Wildman–Crippen LogP) is 4.12. The summed E-state index contributed by atoms with van der Waals surface area (Å²) in [7, 11) is 2.01. The summed E-state index contributed by atoms with van der Waals surface area (Å²) in [5.41, 5.74) is 12.9. The quantitative estimate of drug-likeness (QED) is 0.634. The van der Waals surface area contributed by atoms with Crippen LogP contribution in [0, 0.1) is 17.2 Å². The third kappa shape index (κ3) is 3.64. The van der Waals surface area contributed by atoms with Crippen LogP contribution in [0.1, 0.15) is 23.2 Å². The number of benzene rings is 2. The van der Waals surface area contributed by atoms with Crippen LogP contribution in [-0.2, 0) is 6.54 Å². The highest BCUT2D eigenvalue weighted by Crippen LogP contribution is 2.37. The largest absolute Gasteiger partial charge is 0.382 e. The van der Waals surface area contributed by atoms with E-state index in [1.165, 1.54) is 12.1 Å². The number of nitriles is 1. The third-order valence-corrected chi connectivity index (χ3v) is 6.80. The van der Waals surface area contributed by atoms with Crippen LogP contribution in [0.15, 0.2) is 53.5 Å². The van der Waals surface area contributed by atoms with Crippen LogP contribution >= 0.6 is 11.6 Å². The zero-order valence-electron chi connectivity index (χ0n) is 18.0. The zero-order chi connectivity index (χ0) is 22.2. The maximum absolute atomic E-state index is 9.07. The first-order valence-electron chi connectivity index (χ1n) is 10.8. The van der Waals surface area contributed by atoms with E-state index in [2.05, 4.69) is 34.5 Å². The molecule has 0 spiro atoms. The second-order valence-corrected chi connectivity index (χ2v) is 8.84. The minimum atomic E-state index is 0.452. The number of amidine groups is 1. The van der Waals surface area contributed by atoms with Crippen LogP contribution in [0.3, 0.4) is 0 Å². The van der Waals surface area contributed by atoms with E-state index in [4.69, 9.17) is 27.6 Å². The Hall–Kier alpha value is -3.27. The van der Waals surface area contributed by atoms with Gasteiger partial charge in [0, 0.05) is 24.3 Å². The van der Waals surface area contributed by atoms with Crippen molar-refractivity contribution in [2.45, 2.75) is 13.0 Å². The minimum absolute atomic E-state index is 0.452. The molecule has 6 nitrogen and oxygen atoms in total. The van der Waals surface area contributed by atoms with Crippen molar-refractivity contribution >= 4 is 28.8 Å². The molecule has 3 heterocycles. The van der Waals surface area contributed by atoms with Crippen LogP contribution in [0.5, 0.6) is 0 Å². The fraction of sp³-hybridized carbons (Fsp3) is 0.280. The maximum Gasteiger partial charge on any atom is 0.148 e. The SMILES string of the molecule is CNCC1CCN(c2ccc3c(c2)Cn2c(cc(-c4ccc(C#N)cc4)c2Cl)C(N)=N3)C1. The lowest BCUT2D eigenvalue weighted by Crippen LogP contribution is -2.24. The molecule has 0 amide bonds. The number of nitrogens with one attached hydrogen (secondary N) is 1. The molecule has 2 aromatic carbocycles. The fourth-order valence-electron chi connectivity index (χ4n) is 4.70. The standard InChI is InChI=1S/C25H25ClN6/c1-29-13-17-8-9-31(14-17)20-6-7-22-19(10-20)15-32-23(25(28)30-22)11-21(24(32)26)18-4-2-16(12-27)3-5-18/h2-7,10-11,17,29H,8-9,13-15H2,1H3,(H2,28,30). The monoisotopic (exact) mass is 444 g/mol. The highest BCUT2D eigenvalue weighted by atomic mass is 35.5. The second-order valence-electron chi connectivity index (χ2n) is 8.48. The van der Waals surface area contributed by atoms with Gasteiger partial charge in [-0.2, -0.15) is 5.26 Å². The van der Waals surface area contributed by atoms with Crippen molar-refractivity contribution in [2.75, 3.05) is 31.6 Å². The second kappa shape index (κ2) is 8.34. The number of halogens is 1. The van der Waals surface area contributed by atoms with Gasteiger partial charge in [-0.05, 0) is 73.5 Å². The average Bonchev–Trinajstić information content (AvgIpc) is 3.36. The number of nitrogens with two attached hydrogens (primary N) is 1. The molecule has 32 heavy (non-hydrogen) atoms. The van der Waals surface area contributed by atoms with Gasteiger partial charge in [-0.25, -0.2) is 4.99 Å². The van der Waals surface area contributed by atoms with Crippen molar-refractivity contribution in [1.82, 2.24) is 9.88 Å². The Morgan fingerprint density at radius 2 is 2.03 bits per heavy atom. The van der Waals surface area contributed by atoms with E-state index in [1.54, 1.807) is 12.1 Å². The van der Waals surface area contributed by atoms with Crippen molar-refractivity contribution in [1.29, 1.82) is 5.26 Å². The Labute approximate surface area is 192 Å². The molecule has 0 aliphatic carbocycles. The van der Waals surface area contributed by atoms with Gasteiger partial charge in [-0.3, -0.25) is 0 Å². The van der Waals surface area contributed by atoms with Gasteiger partial charge in [0.05, 0.1) is 29.6 Å². The van der Waals surface area contributed by atoms with Gasteiger partial charge in [-0.15, -0.1) is 0 Å². The number of rotatable bonds is 4. The fourth-order valence-corrected chi connectivity index (χ4v) is 5.02. The van der Waals surface area contributed by atoms with Gasteiger partial charge >= 0.3 is 0 Å². The Kier molecular flexibility index (Phi) is 5.38. The topological polar surface area (TPSA) is 82.4 Å². The summed E-state index contributed by atoms with van der Waals surface area (Å²) in [6.45, 7) is 3.77. The molecule has 2 aliphatic rings. The van der Waals surface area contributed by atoms with Gasteiger partial charge < -0.3 is 20.5 Å².